The summed E-state index contributed by atoms with van der Waals surface area (Å²) >= 11 is 0. The van der Waals surface area contributed by atoms with Gasteiger partial charge in [0.25, 0.3) is 0 Å². The van der Waals surface area contributed by atoms with Crippen LogP contribution in [0.25, 0.3) is 21.9 Å². The summed E-state index contributed by atoms with van der Waals surface area (Å²) in [7, 11) is 1.69. The zero-order chi connectivity index (χ0) is 19.6. The van der Waals surface area contributed by atoms with E-state index in [1.165, 1.54) is 10.8 Å². The Balaban J connectivity index is 2.02. The van der Waals surface area contributed by atoms with Crippen molar-refractivity contribution in [1.82, 2.24) is 0 Å². The van der Waals surface area contributed by atoms with Gasteiger partial charge in [-0.3, -0.25) is 0 Å². The fraction of sp³-hybridized carbons (Fsp3) is 0.217. The SMILES string of the molecule is CC[N+](=C=O)C(=O)c1ccc(-c2ccc3c(C)c(OC)cc(C)c3c2)cc1. The van der Waals surface area contributed by atoms with Gasteiger partial charge in [-0.2, -0.15) is 4.79 Å². The summed E-state index contributed by atoms with van der Waals surface area (Å²) in [6.07, 6.45) is 1.66. The lowest BCUT2D eigenvalue weighted by Gasteiger charge is -2.13. The molecule has 27 heavy (non-hydrogen) atoms. The normalized spacial score (nSPS) is 10.5. The molecule has 0 spiro atoms. The van der Waals surface area contributed by atoms with E-state index in [0.29, 0.717) is 12.1 Å². The highest BCUT2D eigenvalue weighted by molar-refractivity contribution is 5.94. The predicted molar refractivity (Wildman–Crippen MR) is 106 cm³/mol. The van der Waals surface area contributed by atoms with Crippen molar-refractivity contribution < 1.29 is 18.9 Å². The lowest BCUT2D eigenvalue weighted by molar-refractivity contribution is -0.421. The summed E-state index contributed by atoms with van der Waals surface area (Å²) in [4.78, 5) is 23.1. The minimum absolute atomic E-state index is 0.302. The lowest BCUT2D eigenvalue weighted by Crippen LogP contribution is -2.19. The van der Waals surface area contributed by atoms with Crippen molar-refractivity contribution in [2.45, 2.75) is 20.8 Å². The third-order valence-corrected chi connectivity index (χ3v) is 4.92. The van der Waals surface area contributed by atoms with Crippen LogP contribution >= 0.6 is 0 Å². The third kappa shape index (κ3) is 3.40. The molecule has 3 aromatic carbocycles. The number of methoxy groups -OCH3 is 1. The highest BCUT2D eigenvalue weighted by Crippen LogP contribution is 2.33. The molecule has 1 amide bonds. The van der Waals surface area contributed by atoms with Crippen LogP contribution in [-0.2, 0) is 4.79 Å². The molecule has 0 saturated carbocycles. The smallest absolute Gasteiger partial charge is 0.433 e. The van der Waals surface area contributed by atoms with Crippen molar-refractivity contribution in [1.29, 1.82) is 0 Å². The van der Waals surface area contributed by atoms with Gasteiger partial charge in [0.15, 0.2) is 6.54 Å². The molecule has 0 aliphatic rings. The number of nitrogens with zero attached hydrogens (tertiary/aromatic N) is 1. The fourth-order valence-corrected chi connectivity index (χ4v) is 3.32. The Morgan fingerprint density at radius 2 is 1.67 bits per heavy atom. The van der Waals surface area contributed by atoms with E-state index >= 15 is 0 Å². The Morgan fingerprint density at radius 3 is 2.26 bits per heavy atom. The Morgan fingerprint density at radius 1 is 1.00 bits per heavy atom. The number of benzene rings is 3. The molecule has 0 unspecified atom stereocenters. The molecule has 0 N–H and O–H groups in total. The zero-order valence-electron chi connectivity index (χ0n) is 16.0. The van der Waals surface area contributed by atoms with Gasteiger partial charge in [0.2, 0.25) is 0 Å². The van der Waals surface area contributed by atoms with E-state index in [2.05, 4.69) is 38.1 Å². The fourth-order valence-electron chi connectivity index (χ4n) is 3.32. The zero-order valence-corrected chi connectivity index (χ0v) is 16.0. The molecule has 0 atom stereocenters. The van der Waals surface area contributed by atoms with Crippen molar-refractivity contribution in [2.24, 2.45) is 0 Å². The van der Waals surface area contributed by atoms with Gasteiger partial charge in [-0.05, 0) is 78.1 Å². The van der Waals surface area contributed by atoms with E-state index in [9.17, 15) is 9.59 Å². The number of carbonyl (C=O) groups is 1. The average molecular weight is 360 g/mol. The number of hydrogen-bond donors (Lipinski definition) is 0. The Labute approximate surface area is 158 Å². The van der Waals surface area contributed by atoms with Crippen molar-refractivity contribution in [3.63, 3.8) is 0 Å². The Kier molecular flexibility index (Phi) is 5.20. The number of ether oxygens (including phenoxy) is 1. The highest BCUT2D eigenvalue weighted by atomic mass is 16.5. The van der Waals surface area contributed by atoms with E-state index in [0.717, 1.165) is 32.6 Å². The first-order valence-corrected chi connectivity index (χ1v) is 8.88. The quantitative estimate of drug-likeness (QED) is 0.387. The van der Waals surface area contributed by atoms with Gasteiger partial charge in [-0.25, -0.2) is 4.79 Å². The number of aryl methyl sites for hydroxylation is 2. The molecule has 3 rings (SSSR count). The van der Waals surface area contributed by atoms with E-state index < -0.39 is 0 Å². The lowest BCUT2D eigenvalue weighted by atomic mass is 9.95. The average Bonchev–Trinajstić information content (AvgIpc) is 2.71. The van der Waals surface area contributed by atoms with E-state index in [4.69, 9.17) is 4.74 Å². The molecule has 4 nitrogen and oxygen atoms in total. The summed E-state index contributed by atoms with van der Waals surface area (Å²) in [5.74, 6) is 0.555. The maximum Gasteiger partial charge on any atom is 0.433 e. The van der Waals surface area contributed by atoms with Gasteiger partial charge in [0, 0.05) is 0 Å². The van der Waals surface area contributed by atoms with Gasteiger partial charge >= 0.3 is 12.0 Å². The van der Waals surface area contributed by atoms with Gasteiger partial charge in [-0.15, -0.1) is 0 Å². The molecule has 4 heteroatoms. The molecule has 0 radical (unpaired) electrons. The van der Waals surface area contributed by atoms with E-state index in [1.54, 1.807) is 32.2 Å². The molecular weight excluding hydrogens is 338 g/mol. The first-order valence-electron chi connectivity index (χ1n) is 8.88. The minimum Gasteiger partial charge on any atom is -0.496 e. The van der Waals surface area contributed by atoms with Crippen LogP contribution < -0.4 is 4.74 Å². The van der Waals surface area contributed by atoms with Crippen LogP contribution in [-0.4, -0.2) is 30.2 Å². The van der Waals surface area contributed by atoms with Crippen molar-refractivity contribution in [3.05, 3.63) is 65.2 Å². The van der Waals surface area contributed by atoms with Crippen molar-refractivity contribution in [2.75, 3.05) is 13.7 Å². The van der Waals surface area contributed by atoms with E-state index in [-0.39, 0.29) is 5.91 Å². The number of hydrogen-bond acceptors (Lipinski definition) is 3. The molecule has 3 aromatic rings. The third-order valence-electron chi connectivity index (χ3n) is 4.92. The number of amides is 1. The van der Waals surface area contributed by atoms with Crippen molar-refractivity contribution >= 4 is 22.8 Å². The van der Waals surface area contributed by atoms with Crippen LogP contribution in [0.15, 0.2) is 48.5 Å². The van der Waals surface area contributed by atoms with Crippen LogP contribution in [0.1, 0.15) is 28.4 Å². The molecule has 0 aromatic heterocycles. The summed E-state index contributed by atoms with van der Waals surface area (Å²) < 4.78 is 6.49. The number of carbonyl (C=O) groups excluding carboxylic acids is 2. The first-order chi connectivity index (χ1) is 13.0. The Bertz CT molecular complexity index is 1070. The van der Waals surface area contributed by atoms with Crippen molar-refractivity contribution in [3.8, 4) is 16.9 Å². The van der Waals surface area contributed by atoms with Gasteiger partial charge in [0.1, 0.15) is 5.75 Å². The Hall–Kier alpha value is -3.23. The second kappa shape index (κ2) is 7.56. The minimum atomic E-state index is -0.337. The van der Waals surface area contributed by atoms with Gasteiger partial charge in [-0.1, -0.05) is 28.8 Å². The maximum atomic E-state index is 12.2. The standard InChI is InChI=1S/C23H22NO3/c1-5-24(14-25)23(26)18-8-6-17(7-9-18)19-10-11-20-16(3)22(27-4)12-15(2)21(20)13-19/h6-13H,5H2,1-4H3/q+1. The topological polar surface area (TPSA) is 46.4 Å². The molecule has 0 fully saturated rings. The van der Waals surface area contributed by atoms with Gasteiger partial charge < -0.3 is 4.74 Å². The van der Waals surface area contributed by atoms with Crippen LogP contribution in [0.5, 0.6) is 5.75 Å². The number of fused-ring (bicyclic) bond motifs is 1. The molecular formula is C23H22NO3+. The highest BCUT2D eigenvalue weighted by Gasteiger charge is 2.19. The molecule has 0 heterocycles. The number of rotatable bonds is 4. The van der Waals surface area contributed by atoms with E-state index in [1.807, 2.05) is 12.1 Å². The van der Waals surface area contributed by atoms with Gasteiger partial charge in [0.05, 0.1) is 12.7 Å². The second-order valence-corrected chi connectivity index (χ2v) is 6.50. The first kappa shape index (κ1) is 18.6. The van der Waals surface area contributed by atoms with Crippen LogP contribution in [0.2, 0.25) is 0 Å². The van der Waals surface area contributed by atoms with Crippen LogP contribution in [0.3, 0.4) is 0 Å². The van der Waals surface area contributed by atoms with Crippen LogP contribution in [0.4, 0.5) is 0 Å². The summed E-state index contributed by atoms with van der Waals surface area (Å²) in [5, 5.41) is 2.35. The van der Waals surface area contributed by atoms with Crippen LogP contribution in [0, 0.1) is 13.8 Å². The second-order valence-electron chi connectivity index (χ2n) is 6.50. The molecule has 0 bridgehead atoms. The summed E-state index contributed by atoms with van der Waals surface area (Å²) in [6, 6.07) is 15.7. The molecule has 0 aliphatic carbocycles. The predicted octanol–water partition coefficient (Wildman–Crippen LogP) is 4.64. The maximum absolute atomic E-state index is 12.2. The molecule has 0 aliphatic heterocycles. The molecule has 136 valence electrons. The largest absolute Gasteiger partial charge is 0.496 e. The monoisotopic (exact) mass is 360 g/mol. The number of isocyanates is 1. The summed E-state index contributed by atoms with van der Waals surface area (Å²) in [6.45, 7) is 6.18. The molecule has 0 saturated heterocycles. The summed E-state index contributed by atoms with van der Waals surface area (Å²) in [5.41, 5.74) is 4.83.